The fourth-order valence-electron chi connectivity index (χ4n) is 0. The van der Waals surface area contributed by atoms with Crippen LogP contribution in [-0.2, 0) is 0 Å². The number of hydrogen-bond acceptors (Lipinski definition) is 11. The van der Waals surface area contributed by atoms with Crippen LogP contribution in [0.1, 0.15) is 0 Å². The Morgan fingerprint density at radius 2 is 0.333 bits per heavy atom. The van der Waals surface area contributed by atoms with Crippen molar-refractivity contribution in [2.45, 2.75) is 0 Å². The molecule has 0 aliphatic rings. The van der Waals surface area contributed by atoms with Crippen molar-refractivity contribution in [2.24, 2.45) is 0 Å². The molecule has 33 heavy (non-hydrogen) atoms. The number of carbonyl (C=O) groups is 8. The first-order valence-electron chi connectivity index (χ1n) is 5.15. The maximum absolute atomic E-state index is 8.56. The second kappa shape index (κ2) is 50.4. The van der Waals surface area contributed by atoms with E-state index in [1.807, 2.05) is 0 Å². The standard InChI is InChI=1S/8CH2O3.Al/c8*2-1(3)4;/h8*(H2,2,3,4);/q;;;;;;;;+3/p-3. The summed E-state index contributed by atoms with van der Waals surface area (Å²) >= 11 is 0. The molecule has 13 N–H and O–H groups in total. The van der Waals surface area contributed by atoms with E-state index in [4.69, 9.17) is 120 Å². The predicted molar refractivity (Wildman–Crippen MR) is 83.1 cm³/mol. The van der Waals surface area contributed by atoms with Gasteiger partial charge in [-0.15, -0.1) is 0 Å². The Hall–Kier alpha value is -5.31. The predicted octanol–water partition coefficient (Wildman–Crippen LogP) is -2.61. The topological polar surface area (TPSA) is 469 Å². The minimum atomic E-state index is -2.33. The molecule has 0 bridgehead atoms. The van der Waals surface area contributed by atoms with E-state index in [0.717, 1.165) is 0 Å². The van der Waals surface area contributed by atoms with Crippen LogP contribution < -0.4 is 15.3 Å². The molecule has 192 valence electrons. The minimum Gasteiger partial charge on any atom is -0.652 e. The van der Waals surface area contributed by atoms with Gasteiger partial charge in [0.05, 0.1) is 0 Å². The van der Waals surface area contributed by atoms with E-state index in [1.165, 1.54) is 0 Å². The maximum Gasteiger partial charge on any atom is 3.00 e. The van der Waals surface area contributed by atoms with Crippen LogP contribution in [0.2, 0.25) is 0 Å². The van der Waals surface area contributed by atoms with E-state index in [2.05, 4.69) is 0 Å². The molecule has 0 aromatic rings. The normalized spacial score (nSPS) is 5.82. The van der Waals surface area contributed by atoms with Gasteiger partial charge in [0.25, 0.3) is 0 Å². The van der Waals surface area contributed by atoms with Crippen LogP contribution in [0, 0.1) is 0 Å². The molecule has 0 spiro atoms. The van der Waals surface area contributed by atoms with Gasteiger partial charge >= 0.3 is 54.3 Å². The largest absolute Gasteiger partial charge is 3.00 e. The summed E-state index contributed by atoms with van der Waals surface area (Å²) < 4.78 is 0. The van der Waals surface area contributed by atoms with Gasteiger partial charge in [-0.2, -0.15) is 0 Å². The molecule has 0 aliphatic heterocycles. The smallest absolute Gasteiger partial charge is 0.652 e. The molecule has 0 aliphatic carbocycles. The molecule has 0 rings (SSSR count). The third-order valence-electron chi connectivity index (χ3n) is 0. The molecule has 0 atom stereocenters. The molecule has 0 saturated carbocycles. The van der Waals surface area contributed by atoms with Crippen LogP contribution in [-0.4, -0.2) is 133 Å². The van der Waals surface area contributed by atoms with E-state index in [9.17, 15) is 0 Å². The fourth-order valence-corrected chi connectivity index (χ4v) is 0. The summed E-state index contributed by atoms with van der Waals surface area (Å²) in [6.45, 7) is 0. The van der Waals surface area contributed by atoms with Crippen molar-refractivity contribution >= 4 is 66.6 Å². The van der Waals surface area contributed by atoms with Crippen LogP contribution >= 0.6 is 0 Å². The molecular weight excluding hydrogens is 507 g/mol. The van der Waals surface area contributed by atoms with Gasteiger partial charge < -0.3 is 91.3 Å². The van der Waals surface area contributed by atoms with Gasteiger partial charge in [-0.3, -0.25) is 0 Å². The monoisotopic (exact) mass is 520 g/mol. The number of carboxylic acid groups (broad SMARTS) is 16. The molecule has 0 amide bonds. The Balaban J connectivity index is -0.0000000284. The maximum atomic E-state index is 8.56. The van der Waals surface area contributed by atoms with Gasteiger partial charge in [-0.25, -0.2) is 28.8 Å². The first kappa shape index (κ1) is 56.5. The Labute approximate surface area is 187 Å². The minimum absolute atomic E-state index is 0. The summed E-state index contributed by atoms with van der Waals surface area (Å²) in [7, 11) is 0. The summed E-state index contributed by atoms with van der Waals surface area (Å²) in [5.74, 6) is 0. The Morgan fingerprint density at radius 1 is 0.333 bits per heavy atom. The third-order valence-corrected chi connectivity index (χ3v) is 0. The molecule has 0 fully saturated rings. The first-order valence-corrected chi connectivity index (χ1v) is 5.15. The van der Waals surface area contributed by atoms with E-state index >= 15 is 0 Å². The second-order valence-corrected chi connectivity index (χ2v) is 2.21. The number of rotatable bonds is 0. The first-order chi connectivity index (χ1) is 13.9. The van der Waals surface area contributed by atoms with E-state index in [0.29, 0.717) is 0 Å². The molecule has 0 radical (unpaired) electrons. The molecule has 0 saturated heterocycles. The van der Waals surface area contributed by atoms with Crippen LogP contribution in [0.4, 0.5) is 38.4 Å². The molecule has 0 aromatic heterocycles. The van der Waals surface area contributed by atoms with Gasteiger partial charge in [0.2, 0.25) is 6.16 Å². The molecule has 0 heterocycles. The molecular formula is C8H13AlO24. The zero-order chi connectivity index (χ0) is 28.6. The van der Waals surface area contributed by atoms with Crippen molar-refractivity contribution in [1.82, 2.24) is 0 Å². The number of carbonyl (C=O) groups excluding carboxylic acids is 1. The molecule has 0 aromatic carbocycles. The van der Waals surface area contributed by atoms with Gasteiger partial charge in [0, 0.05) is 0 Å². The van der Waals surface area contributed by atoms with E-state index in [-0.39, 0.29) is 17.4 Å². The molecule has 25 heteroatoms. The van der Waals surface area contributed by atoms with Gasteiger partial charge in [0.15, 0.2) is 0 Å². The summed E-state index contributed by atoms with van der Waals surface area (Å²) in [4.78, 5) is 68.1. The molecule has 24 nitrogen and oxygen atoms in total. The zero-order valence-electron chi connectivity index (χ0n) is 14.9. The summed E-state index contributed by atoms with van der Waals surface area (Å²) in [5.41, 5.74) is 0. The van der Waals surface area contributed by atoms with E-state index in [1.54, 1.807) is 0 Å². The van der Waals surface area contributed by atoms with Gasteiger partial charge in [-0.1, -0.05) is 0 Å². The summed E-state index contributed by atoms with van der Waals surface area (Å²) in [5, 5.41) is 116. The average Bonchev–Trinajstić information content (AvgIpc) is 2.30. The van der Waals surface area contributed by atoms with Crippen molar-refractivity contribution in [2.75, 3.05) is 0 Å². The van der Waals surface area contributed by atoms with Gasteiger partial charge in [0.1, 0.15) is 0 Å². The average molecular weight is 520 g/mol. The number of hydrogen-bond donors (Lipinski definition) is 13. The third kappa shape index (κ3) is 578. The molecule has 0 unspecified atom stereocenters. The SMILES string of the molecule is O=C(O)O.O=C(O)O.O=C(O)O.O=C(O)O.O=C(O)O.O=C(O)O.O=C([O-])O.O=C([O-])[O-].[Al+3]. The Bertz CT molecular complexity index is 361. The van der Waals surface area contributed by atoms with E-state index < -0.39 is 49.2 Å². The Kier molecular flexibility index (Phi) is 86.3. The van der Waals surface area contributed by atoms with Crippen LogP contribution in [0.3, 0.4) is 0 Å². The van der Waals surface area contributed by atoms with Crippen molar-refractivity contribution in [3.8, 4) is 0 Å². The Morgan fingerprint density at radius 3 is 0.333 bits per heavy atom. The van der Waals surface area contributed by atoms with Crippen molar-refractivity contribution < 1.29 is 120 Å². The van der Waals surface area contributed by atoms with Crippen LogP contribution in [0.5, 0.6) is 0 Å². The van der Waals surface area contributed by atoms with Crippen molar-refractivity contribution in [3.05, 3.63) is 0 Å². The second-order valence-electron chi connectivity index (χ2n) is 2.21. The van der Waals surface area contributed by atoms with Crippen molar-refractivity contribution in [1.29, 1.82) is 0 Å². The van der Waals surface area contributed by atoms with Crippen LogP contribution in [0.15, 0.2) is 0 Å². The summed E-state index contributed by atoms with van der Waals surface area (Å²) in [6.07, 6.45) is -15.4. The zero-order valence-corrected chi connectivity index (χ0v) is 16.0. The summed E-state index contributed by atoms with van der Waals surface area (Å²) in [6, 6.07) is 0. The van der Waals surface area contributed by atoms with Gasteiger partial charge in [-0.05, 0) is 6.16 Å². The van der Waals surface area contributed by atoms with Crippen molar-refractivity contribution in [3.63, 3.8) is 0 Å². The quantitative estimate of drug-likeness (QED) is 0.145. The van der Waals surface area contributed by atoms with Crippen LogP contribution in [0.25, 0.3) is 0 Å². The fraction of sp³-hybridized carbons (Fsp3) is 0.